The molecule has 2 nitrogen and oxygen atoms in total. The summed E-state index contributed by atoms with van der Waals surface area (Å²) in [5, 5.41) is 4.24. The lowest BCUT2D eigenvalue weighted by atomic mass is 10.1. The van der Waals surface area contributed by atoms with E-state index in [9.17, 15) is 0 Å². The number of thiocarbonyl (C=S) groups is 1. The van der Waals surface area contributed by atoms with Crippen LogP contribution in [0, 0.1) is 0 Å². The lowest BCUT2D eigenvalue weighted by Gasteiger charge is -2.26. The number of hydrogen-bond donors (Lipinski definition) is 1. The summed E-state index contributed by atoms with van der Waals surface area (Å²) in [4.78, 5) is 2.25. The molecule has 1 aromatic carbocycles. The molecular formula is C14H20N2S2. The Morgan fingerprint density at radius 2 is 2.28 bits per heavy atom. The first-order valence-corrected chi connectivity index (χ1v) is 8.18. The Morgan fingerprint density at radius 1 is 1.50 bits per heavy atom. The zero-order valence-corrected chi connectivity index (χ0v) is 12.6. The van der Waals surface area contributed by atoms with Crippen LogP contribution in [0.5, 0.6) is 0 Å². The summed E-state index contributed by atoms with van der Waals surface area (Å²) >= 11 is 7.40. The summed E-state index contributed by atoms with van der Waals surface area (Å²) in [6.45, 7) is 3.20. The van der Waals surface area contributed by atoms with E-state index in [1.807, 2.05) is 11.8 Å². The monoisotopic (exact) mass is 280 g/mol. The van der Waals surface area contributed by atoms with Crippen LogP contribution in [-0.2, 0) is 6.42 Å². The van der Waals surface area contributed by atoms with Gasteiger partial charge in [-0.3, -0.25) is 0 Å². The standard InChI is InChI=1S/C14H20N2S2/c1-11-10-12-6-3-4-7-13(12)16(11)14(17)15-8-5-9-18-2/h3-4,6-7,11H,5,8-10H2,1-2H3,(H,15,17)/t11-/m1/s1. The fourth-order valence-electron chi connectivity index (χ4n) is 2.37. The molecule has 1 N–H and O–H groups in total. The Morgan fingerprint density at radius 3 is 3.06 bits per heavy atom. The van der Waals surface area contributed by atoms with Crippen molar-refractivity contribution in [3.63, 3.8) is 0 Å². The summed E-state index contributed by atoms with van der Waals surface area (Å²) in [7, 11) is 0. The third-order valence-electron chi connectivity index (χ3n) is 3.23. The van der Waals surface area contributed by atoms with Gasteiger partial charge in [-0.1, -0.05) is 18.2 Å². The molecule has 0 spiro atoms. The maximum absolute atomic E-state index is 5.52. The lowest BCUT2D eigenvalue weighted by Crippen LogP contribution is -2.43. The number of nitrogens with zero attached hydrogens (tertiary/aromatic N) is 1. The third kappa shape index (κ3) is 2.98. The molecule has 1 aliphatic rings. The van der Waals surface area contributed by atoms with Gasteiger partial charge in [-0.25, -0.2) is 0 Å². The molecule has 98 valence electrons. The summed E-state index contributed by atoms with van der Waals surface area (Å²) in [5.74, 6) is 1.18. The molecule has 0 unspecified atom stereocenters. The molecule has 1 heterocycles. The van der Waals surface area contributed by atoms with Crippen LogP contribution in [0.3, 0.4) is 0 Å². The molecule has 0 saturated heterocycles. The molecule has 18 heavy (non-hydrogen) atoms. The highest BCUT2D eigenvalue weighted by atomic mass is 32.2. The van der Waals surface area contributed by atoms with Crippen LogP contribution in [0.25, 0.3) is 0 Å². The number of fused-ring (bicyclic) bond motifs is 1. The molecule has 4 heteroatoms. The minimum Gasteiger partial charge on any atom is -0.362 e. The van der Waals surface area contributed by atoms with Crippen molar-refractivity contribution in [2.24, 2.45) is 0 Å². The number of nitrogens with one attached hydrogen (secondary N) is 1. The zero-order valence-electron chi connectivity index (χ0n) is 11.0. The number of benzene rings is 1. The third-order valence-corrected chi connectivity index (χ3v) is 4.27. The van der Waals surface area contributed by atoms with Gasteiger partial charge in [0.15, 0.2) is 5.11 Å². The predicted octanol–water partition coefficient (Wildman–Crippen LogP) is 3.07. The van der Waals surface area contributed by atoms with Crippen molar-refractivity contribution in [2.75, 3.05) is 23.5 Å². The van der Waals surface area contributed by atoms with Crippen LogP contribution in [0.4, 0.5) is 5.69 Å². The lowest BCUT2D eigenvalue weighted by molar-refractivity contribution is 0.750. The summed E-state index contributed by atoms with van der Waals surface area (Å²) in [6.07, 6.45) is 4.38. The second-order valence-electron chi connectivity index (χ2n) is 4.63. The van der Waals surface area contributed by atoms with Crippen LogP contribution in [0.1, 0.15) is 18.9 Å². The van der Waals surface area contributed by atoms with E-state index in [0.717, 1.165) is 24.5 Å². The average Bonchev–Trinajstić information content (AvgIpc) is 2.70. The first kappa shape index (κ1) is 13.7. The first-order chi connectivity index (χ1) is 8.74. The minimum atomic E-state index is 0.461. The van der Waals surface area contributed by atoms with Crippen molar-refractivity contribution < 1.29 is 0 Å². The van der Waals surface area contributed by atoms with E-state index in [2.05, 4.69) is 47.7 Å². The summed E-state index contributed by atoms with van der Waals surface area (Å²) in [5.41, 5.74) is 2.67. The van der Waals surface area contributed by atoms with E-state index in [1.54, 1.807) is 0 Å². The van der Waals surface area contributed by atoms with Crippen LogP contribution in [-0.4, -0.2) is 29.7 Å². The maximum Gasteiger partial charge on any atom is 0.173 e. The highest BCUT2D eigenvalue weighted by molar-refractivity contribution is 7.98. The smallest absolute Gasteiger partial charge is 0.173 e. The van der Waals surface area contributed by atoms with Crippen molar-refractivity contribution in [1.82, 2.24) is 5.32 Å². The highest BCUT2D eigenvalue weighted by Gasteiger charge is 2.27. The SMILES string of the molecule is CSCCCNC(=S)N1c2ccccc2C[C@H]1C. The fourth-order valence-corrected chi connectivity index (χ4v) is 3.19. The second kappa shape index (κ2) is 6.43. The normalized spacial score (nSPS) is 17.7. The van der Waals surface area contributed by atoms with Gasteiger partial charge in [-0.2, -0.15) is 11.8 Å². The molecule has 0 fully saturated rings. The maximum atomic E-state index is 5.52. The van der Waals surface area contributed by atoms with E-state index in [1.165, 1.54) is 17.0 Å². The van der Waals surface area contributed by atoms with Gasteiger partial charge in [0.05, 0.1) is 0 Å². The van der Waals surface area contributed by atoms with Gasteiger partial charge < -0.3 is 10.2 Å². The average molecular weight is 280 g/mol. The second-order valence-corrected chi connectivity index (χ2v) is 6.00. The van der Waals surface area contributed by atoms with E-state index in [0.29, 0.717) is 6.04 Å². The van der Waals surface area contributed by atoms with Crippen LogP contribution in [0.15, 0.2) is 24.3 Å². The van der Waals surface area contributed by atoms with Crippen molar-refractivity contribution >= 4 is 34.8 Å². The minimum absolute atomic E-state index is 0.461. The Hall–Kier alpha value is -0.740. The van der Waals surface area contributed by atoms with Crippen molar-refractivity contribution in [3.05, 3.63) is 29.8 Å². The number of hydrogen-bond acceptors (Lipinski definition) is 2. The zero-order chi connectivity index (χ0) is 13.0. The topological polar surface area (TPSA) is 15.3 Å². The van der Waals surface area contributed by atoms with Gasteiger partial charge in [0.1, 0.15) is 0 Å². The van der Waals surface area contributed by atoms with Gasteiger partial charge >= 0.3 is 0 Å². The molecule has 1 atom stereocenters. The molecule has 2 rings (SSSR count). The summed E-state index contributed by atoms with van der Waals surface area (Å²) in [6, 6.07) is 9.00. The first-order valence-electron chi connectivity index (χ1n) is 6.38. The molecule has 0 aliphatic carbocycles. The van der Waals surface area contributed by atoms with E-state index < -0.39 is 0 Å². The predicted molar refractivity (Wildman–Crippen MR) is 85.7 cm³/mol. The number of anilines is 1. The van der Waals surface area contributed by atoms with Crippen molar-refractivity contribution in [2.45, 2.75) is 25.8 Å². The molecule has 0 aromatic heterocycles. The highest BCUT2D eigenvalue weighted by Crippen LogP contribution is 2.31. The van der Waals surface area contributed by atoms with Crippen molar-refractivity contribution in [3.8, 4) is 0 Å². The number of rotatable bonds is 4. The van der Waals surface area contributed by atoms with Gasteiger partial charge in [0, 0.05) is 18.3 Å². The van der Waals surface area contributed by atoms with E-state index in [4.69, 9.17) is 12.2 Å². The molecule has 0 bridgehead atoms. The van der Waals surface area contributed by atoms with E-state index >= 15 is 0 Å². The Balaban J connectivity index is 1.98. The Labute approximate surface area is 119 Å². The summed E-state index contributed by atoms with van der Waals surface area (Å²) < 4.78 is 0. The molecular weight excluding hydrogens is 260 g/mol. The van der Waals surface area contributed by atoms with Crippen LogP contribution < -0.4 is 10.2 Å². The van der Waals surface area contributed by atoms with Gasteiger partial charge in [0.25, 0.3) is 0 Å². The van der Waals surface area contributed by atoms with E-state index in [-0.39, 0.29) is 0 Å². The molecule has 0 saturated carbocycles. The largest absolute Gasteiger partial charge is 0.362 e. The molecule has 1 aliphatic heterocycles. The van der Waals surface area contributed by atoms with Crippen LogP contribution >= 0.6 is 24.0 Å². The molecule has 0 radical (unpaired) electrons. The molecule has 0 amide bonds. The van der Waals surface area contributed by atoms with Gasteiger partial charge in [0.2, 0.25) is 0 Å². The number of thioether (sulfide) groups is 1. The Bertz CT molecular complexity index is 420. The quantitative estimate of drug-likeness (QED) is 0.673. The van der Waals surface area contributed by atoms with Gasteiger partial charge in [-0.05, 0) is 55.6 Å². The number of para-hydroxylation sites is 1. The van der Waals surface area contributed by atoms with Crippen molar-refractivity contribution in [1.29, 1.82) is 0 Å². The Kier molecular flexibility index (Phi) is 4.89. The van der Waals surface area contributed by atoms with Gasteiger partial charge in [-0.15, -0.1) is 0 Å². The van der Waals surface area contributed by atoms with Crippen LogP contribution in [0.2, 0.25) is 0 Å². The fraction of sp³-hybridized carbons (Fsp3) is 0.500. The molecule has 1 aromatic rings.